The van der Waals surface area contributed by atoms with Crippen LogP contribution in [0.15, 0.2) is 109 Å². The van der Waals surface area contributed by atoms with Crippen LogP contribution < -0.4 is 0 Å². The smallest absolute Gasteiger partial charge is 0.0817 e. The Morgan fingerprint density at radius 2 is 1.02 bits per heavy atom. The number of hydrogen-bond acceptors (Lipinski definition) is 4. The molecule has 2 aromatic carbocycles. The first-order valence-corrected chi connectivity index (χ1v) is 23.0. The number of benzene rings is 2. The first kappa shape index (κ1) is 33.3. The van der Waals surface area contributed by atoms with Crippen molar-refractivity contribution < 1.29 is 0 Å². The summed E-state index contributed by atoms with van der Waals surface area (Å²) < 4.78 is 0. The Labute approximate surface area is 319 Å². The lowest BCUT2D eigenvalue weighted by atomic mass is 9.55. The zero-order chi connectivity index (χ0) is 35.1. The number of rotatable bonds is 9. The molecule has 0 amide bonds. The fourth-order valence-corrected chi connectivity index (χ4v) is 19.3. The Kier molecular flexibility index (Phi) is 8.36. The van der Waals surface area contributed by atoms with Crippen LogP contribution in [-0.4, -0.2) is 37.4 Å². The Morgan fingerprint density at radius 1 is 0.566 bits per heavy atom. The molecule has 2 atom stereocenters. The Balaban J connectivity index is 1.13. The molecule has 4 nitrogen and oxygen atoms in total. The monoisotopic (exact) mass is 734 g/mol. The fourth-order valence-electron chi connectivity index (χ4n) is 14.0. The molecule has 9 aliphatic rings. The van der Waals surface area contributed by atoms with Crippen LogP contribution in [0.2, 0.25) is 0 Å². The predicted molar refractivity (Wildman–Crippen MR) is 219 cm³/mol. The summed E-state index contributed by atoms with van der Waals surface area (Å²) in [6.45, 7) is 0. The van der Waals surface area contributed by atoms with E-state index in [9.17, 15) is 0 Å². The van der Waals surface area contributed by atoms with Crippen molar-refractivity contribution in [2.45, 2.75) is 80.7 Å². The van der Waals surface area contributed by atoms with Crippen LogP contribution in [-0.2, 0) is 5.16 Å². The predicted octanol–water partition coefficient (Wildman–Crippen LogP) is 10.7. The molecule has 2 unspecified atom stereocenters. The molecule has 0 radical (unpaired) electrons. The third-order valence-corrected chi connectivity index (χ3v) is 20.3. The summed E-state index contributed by atoms with van der Waals surface area (Å²) in [4.78, 5) is 19.5. The van der Waals surface area contributed by atoms with Crippen molar-refractivity contribution in [1.82, 2.24) is 19.9 Å². The lowest BCUT2D eigenvalue weighted by molar-refractivity contribution is 0.0131. The van der Waals surface area contributed by atoms with Crippen molar-refractivity contribution in [2.75, 3.05) is 6.16 Å². The van der Waals surface area contributed by atoms with Gasteiger partial charge in [0.1, 0.15) is 0 Å². The second-order valence-electron chi connectivity index (χ2n) is 18.3. The highest BCUT2D eigenvalue weighted by Gasteiger charge is 2.58. The first-order chi connectivity index (χ1) is 26.1. The van der Waals surface area contributed by atoms with Gasteiger partial charge in [-0.05, 0) is 157 Å². The average Bonchev–Trinajstić information content (AvgIpc) is 3.57. The van der Waals surface area contributed by atoms with Gasteiger partial charge in [-0.25, -0.2) is 0 Å². The molecule has 6 heteroatoms. The molecule has 4 aromatic rings. The van der Waals surface area contributed by atoms with E-state index < -0.39 is 5.16 Å². The minimum absolute atomic E-state index is 0.0463. The fraction of sp³-hybridized carbons (Fsp3) is 0.489. The minimum Gasteiger partial charge on any atom is -0.261 e. The van der Waals surface area contributed by atoms with Crippen molar-refractivity contribution in [2.24, 2.45) is 53.3 Å². The van der Waals surface area contributed by atoms with Gasteiger partial charge >= 0.3 is 0 Å². The average molecular weight is 735 g/mol. The summed E-state index contributed by atoms with van der Waals surface area (Å²) in [7, 11) is 3.07. The van der Waals surface area contributed by atoms with Gasteiger partial charge in [0, 0.05) is 43.1 Å². The van der Waals surface area contributed by atoms with E-state index in [1.54, 1.807) is 18.0 Å². The Morgan fingerprint density at radius 3 is 1.45 bits per heavy atom. The van der Waals surface area contributed by atoms with E-state index in [1.807, 2.05) is 24.8 Å². The molecule has 2 heterocycles. The first-order valence-electron chi connectivity index (χ1n) is 20.7. The molecular weight excluding hydrogens is 682 g/mol. The van der Waals surface area contributed by atoms with Crippen LogP contribution in [0, 0.1) is 53.3 Å². The lowest BCUT2D eigenvalue weighted by Gasteiger charge is -2.62. The number of aromatic nitrogens is 4. The summed E-state index contributed by atoms with van der Waals surface area (Å²) in [6.07, 6.45) is 30.3. The van der Waals surface area contributed by atoms with Gasteiger partial charge in [-0.15, -0.1) is 9.24 Å². The molecule has 8 fully saturated rings. The highest BCUT2D eigenvalue weighted by molar-refractivity contribution is 7.59. The molecule has 8 bridgehead atoms. The van der Waals surface area contributed by atoms with E-state index >= 15 is 0 Å². The van der Waals surface area contributed by atoms with Crippen LogP contribution >= 0.6 is 17.2 Å². The van der Waals surface area contributed by atoms with Gasteiger partial charge in [-0.3, -0.25) is 19.9 Å². The van der Waals surface area contributed by atoms with Crippen molar-refractivity contribution in [3.05, 3.63) is 132 Å². The van der Waals surface area contributed by atoms with E-state index in [2.05, 4.69) is 85.9 Å². The maximum Gasteiger partial charge on any atom is 0.0817 e. The van der Waals surface area contributed by atoms with Crippen LogP contribution in [0.25, 0.3) is 11.1 Å². The summed E-state index contributed by atoms with van der Waals surface area (Å²) in [5.74, 6) is 7.82. The number of allylic oxidation sites excluding steroid dienone is 4. The molecule has 0 N–H and O–H groups in total. The molecule has 270 valence electrons. The van der Waals surface area contributed by atoms with E-state index in [4.69, 9.17) is 9.97 Å². The molecule has 0 aliphatic heterocycles. The van der Waals surface area contributed by atoms with Crippen LogP contribution in [0.1, 0.15) is 86.7 Å². The van der Waals surface area contributed by atoms with Crippen molar-refractivity contribution in [3.8, 4) is 0 Å². The van der Waals surface area contributed by atoms with Crippen LogP contribution in [0.3, 0.4) is 0 Å². The largest absolute Gasteiger partial charge is 0.261 e. The molecular formula is C47H52N4P2. The molecule has 53 heavy (non-hydrogen) atoms. The quantitative estimate of drug-likeness (QED) is 0.161. The second-order valence-corrected chi connectivity index (χ2v) is 21.7. The molecule has 9 aliphatic carbocycles. The molecule has 8 saturated carbocycles. The third kappa shape index (κ3) is 5.59. The van der Waals surface area contributed by atoms with Gasteiger partial charge in [0.2, 0.25) is 0 Å². The van der Waals surface area contributed by atoms with Gasteiger partial charge < -0.3 is 0 Å². The Hall–Kier alpha value is -3.06. The van der Waals surface area contributed by atoms with Gasteiger partial charge in [0.15, 0.2) is 0 Å². The van der Waals surface area contributed by atoms with Gasteiger partial charge in [0.05, 0.1) is 16.5 Å². The van der Waals surface area contributed by atoms with Gasteiger partial charge in [0.25, 0.3) is 0 Å². The molecule has 0 spiro atoms. The maximum atomic E-state index is 5.08. The van der Waals surface area contributed by atoms with Crippen LogP contribution in [0.4, 0.5) is 0 Å². The SMILES string of the molecule is PC(c1cnccn1)(c1cnccn1)C1C=C(c2ccccc2)C(c2ccccc2)=C1CP(C1C2CC3CC(C2)CC1C3)C1C2CC3CC(C2)CC1C3. The zero-order valence-corrected chi connectivity index (χ0v) is 32.8. The van der Waals surface area contributed by atoms with E-state index in [-0.39, 0.29) is 13.8 Å². The standard InChI is InChI=1S/C47H52N4P2/c52-47(42-26-48-11-13-50-42,43-27-49-12-14-51-43)41-25-39(33-7-3-1-4-8-33)44(34-9-5-2-6-10-34)40(41)28-53(45-35-17-29-15-30(19-35)20-36(45)18-29)46-37-21-31-16-32(23-37)24-38(46)22-31/h1-14,25-27,29-32,35-38,41,45-46H,15-24,28,52H2. The van der Waals surface area contributed by atoms with E-state index in [0.717, 1.165) is 70.0 Å². The van der Waals surface area contributed by atoms with Crippen LogP contribution in [0.5, 0.6) is 0 Å². The normalized spacial score (nSPS) is 35.9. The lowest BCUT2D eigenvalue weighted by Crippen LogP contribution is -2.53. The van der Waals surface area contributed by atoms with E-state index in [1.165, 1.54) is 92.6 Å². The zero-order valence-electron chi connectivity index (χ0n) is 30.8. The maximum absolute atomic E-state index is 5.08. The second kappa shape index (κ2) is 13.3. The van der Waals surface area contributed by atoms with Gasteiger partial charge in [-0.2, -0.15) is 0 Å². The molecule has 13 rings (SSSR count). The van der Waals surface area contributed by atoms with E-state index in [0.29, 0.717) is 0 Å². The van der Waals surface area contributed by atoms with Crippen molar-refractivity contribution >= 4 is 28.3 Å². The van der Waals surface area contributed by atoms with Crippen molar-refractivity contribution in [3.63, 3.8) is 0 Å². The summed E-state index contributed by atoms with van der Waals surface area (Å²) >= 11 is 0. The third-order valence-electron chi connectivity index (χ3n) is 15.4. The molecule has 0 saturated heterocycles. The number of hydrogen-bond donors (Lipinski definition) is 0. The van der Waals surface area contributed by atoms with Gasteiger partial charge in [-0.1, -0.05) is 74.7 Å². The highest BCUT2D eigenvalue weighted by Crippen LogP contribution is 2.72. The highest BCUT2D eigenvalue weighted by atomic mass is 31.1. The number of nitrogens with zero attached hydrogens (tertiary/aromatic N) is 4. The topological polar surface area (TPSA) is 51.6 Å². The molecule has 2 aromatic heterocycles. The summed E-state index contributed by atoms with van der Waals surface area (Å²) in [5.41, 5.74) is 10.8. The Bertz CT molecular complexity index is 1880. The summed E-state index contributed by atoms with van der Waals surface area (Å²) in [5, 5.41) is -0.621. The van der Waals surface area contributed by atoms with Crippen molar-refractivity contribution in [1.29, 1.82) is 0 Å². The summed E-state index contributed by atoms with van der Waals surface area (Å²) in [6, 6.07) is 22.6. The minimum atomic E-state index is -0.621.